The lowest BCUT2D eigenvalue weighted by Gasteiger charge is -2.47. The van der Waals surface area contributed by atoms with E-state index in [2.05, 4.69) is 6.92 Å². The quantitative estimate of drug-likeness (QED) is 0.858. The minimum atomic E-state index is 0.0717. The maximum Gasteiger partial charge on any atom is 0.260 e. The van der Waals surface area contributed by atoms with Crippen molar-refractivity contribution in [2.45, 2.75) is 38.7 Å². The SMILES string of the molecule is Cc1ccc(OCC(=O)N2CCC3(CCO3)CC2)cc1C. The summed E-state index contributed by atoms with van der Waals surface area (Å²) in [6.45, 7) is 6.69. The number of likely N-dealkylation sites (tertiary alicyclic amines) is 1. The minimum absolute atomic E-state index is 0.0717. The molecule has 0 N–H and O–H groups in total. The van der Waals surface area contributed by atoms with E-state index in [1.807, 2.05) is 30.0 Å². The van der Waals surface area contributed by atoms with Gasteiger partial charge in [-0.25, -0.2) is 0 Å². The summed E-state index contributed by atoms with van der Waals surface area (Å²) in [5.74, 6) is 0.838. The van der Waals surface area contributed by atoms with Gasteiger partial charge in [0.15, 0.2) is 6.61 Å². The van der Waals surface area contributed by atoms with Crippen LogP contribution in [-0.2, 0) is 9.53 Å². The molecule has 0 radical (unpaired) electrons. The van der Waals surface area contributed by atoms with Gasteiger partial charge in [0, 0.05) is 13.1 Å². The fourth-order valence-corrected chi connectivity index (χ4v) is 2.99. The van der Waals surface area contributed by atoms with E-state index >= 15 is 0 Å². The summed E-state index contributed by atoms with van der Waals surface area (Å²) in [6.07, 6.45) is 3.07. The maximum absolute atomic E-state index is 12.2. The first kappa shape index (κ1) is 14.4. The number of amides is 1. The monoisotopic (exact) mass is 289 g/mol. The lowest BCUT2D eigenvalue weighted by atomic mass is 9.84. The van der Waals surface area contributed by atoms with Gasteiger partial charge in [0.1, 0.15) is 5.75 Å². The van der Waals surface area contributed by atoms with Gasteiger partial charge in [-0.3, -0.25) is 4.79 Å². The average molecular weight is 289 g/mol. The second kappa shape index (κ2) is 5.68. The highest BCUT2D eigenvalue weighted by Gasteiger charge is 2.41. The molecule has 3 rings (SSSR count). The van der Waals surface area contributed by atoms with Crippen LogP contribution < -0.4 is 4.74 Å². The normalized spacial score (nSPS) is 20.2. The van der Waals surface area contributed by atoms with Crippen molar-refractivity contribution in [3.63, 3.8) is 0 Å². The first-order chi connectivity index (χ1) is 10.1. The van der Waals surface area contributed by atoms with Gasteiger partial charge in [-0.1, -0.05) is 6.07 Å². The van der Waals surface area contributed by atoms with Gasteiger partial charge in [-0.2, -0.15) is 0 Å². The molecule has 0 aliphatic carbocycles. The summed E-state index contributed by atoms with van der Waals surface area (Å²) < 4.78 is 11.3. The van der Waals surface area contributed by atoms with Crippen LogP contribution in [-0.4, -0.2) is 42.7 Å². The highest BCUT2D eigenvalue weighted by Crippen LogP contribution is 2.36. The van der Waals surface area contributed by atoms with E-state index in [1.54, 1.807) is 0 Å². The Morgan fingerprint density at radius 2 is 1.95 bits per heavy atom. The molecule has 2 heterocycles. The molecule has 114 valence electrons. The van der Waals surface area contributed by atoms with Crippen LogP contribution in [0.15, 0.2) is 18.2 Å². The zero-order valence-corrected chi connectivity index (χ0v) is 12.9. The smallest absolute Gasteiger partial charge is 0.260 e. The predicted molar refractivity (Wildman–Crippen MR) is 80.5 cm³/mol. The van der Waals surface area contributed by atoms with Crippen molar-refractivity contribution in [2.75, 3.05) is 26.3 Å². The van der Waals surface area contributed by atoms with Crippen LogP contribution in [0.3, 0.4) is 0 Å². The molecule has 1 aromatic carbocycles. The van der Waals surface area contributed by atoms with E-state index in [4.69, 9.17) is 9.47 Å². The molecule has 0 saturated carbocycles. The van der Waals surface area contributed by atoms with Gasteiger partial charge in [-0.05, 0) is 56.4 Å². The summed E-state index contributed by atoms with van der Waals surface area (Å²) in [6, 6.07) is 5.92. The van der Waals surface area contributed by atoms with Gasteiger partial charge in [0.2, 0.25) is 0 Å². The highest BCUT2D eigenvalue weighted by atomic mass is 16.5. The Labute approximate surface area is 126 Å². The van der Waals surface area contributed by atoms with E-state index in [1.165, 1.54) is 11.1 Å². The molecule has 2 aliphatic heterocycles. The fraction of sp³-hybridized carbons (Fsp3) is 0.588. The number of aryl methyl sites for hydroxylation is 2. The Kier molecular flexibility index (Phi) is 3.89. The Bertz CT molecular complexity index is 527. The Balaban J connectivity index is 1.49. The van der Waals surface area contributed by atoms with Crippen molar-refractivity contribution in [1.29, 1.82) is 0 Å². The first-order valence-electron chi connectivity index (χ1n) is 7.70. The maximum atomic E-state index is 12.2. The molecule has 1 amide bonds. The van der Waals surface area contributed by atoms with Crippen molar-refractivity contribution in [2.24, 2.45) is 0 Å². The van der Waals surface area contributed by atoms with E-state index in [0.29, 0.717) is 0 Å². The topological polar surface area (TPSA) is 38.8 Å². The summed E-state index contributed by atoms with van der Waals surface area (Å²) in [5.41, 5.74) is 2.50. The van der Waals surface area contributed by atoms with Gasteiger partial charge in [-0.15, -0.1) is 0 Å². The largest absolute Gasteiger partial charge is 0.484 e. The predicted octanol–water partition coefficient (Wildman–Crippen LogP) is 2.46. The molecule has 0 atom stereocenters. The van der Waals surface area contributed by atoms with E-state index in [0.717, 1.165) is 44.7 Å². The number of hydrogen-bond acceptors (Lipinski definition) is 3. The molecular weight excluding hydrogens is 266 g/mol. The summed E-state index contributed by atoms with van der Waals surface area (Å²) in [5, 5.41) is 0. The highest BCUT2D eigenvalue weighted by molar-refractivity contribution is 5.77. The third-order valence-electron chi connectivity index (χ3n) is 4.83. The van der Waals surface area contributed by atoms with Gasteiger partial charge >= 0.3 is 0 Å². The number of nitrogens with zero attached hydrogens (tertiary/aromatic N) is 1. The fourth-order valence-electron chi connectivity index (χ4n) is 2.99. The Hall–Kier alpha value is -1.55. The van der Waals surface area contributed by atoms with Crippen molar-refractivity contribution < 1.29 is 14.3 Å². The molecule has 2 aliphatic rings. The standard InChI is InChI=1S/C17H23NO3/c1-13-3-4-15(11-14(13)2)20-12-16(19)18-8-5-17(6-9-18)7-10-21-17/h3-4,11H,5-10,12H2,1-2H3. The van der Waals surface area contributed by atoms with Gasteiger partial charge in [0.25, 0.3) is 5.91 Å². The van der Waals surface area contributed by atoms with Gasteiger partial charge in [0.05, 0.1) is 12.2 Å². The van der Waals surface area contributed by atoms with Crippen LogP contribution >= 0.6 is 0 Å². The lowest BCUT2D eigenvalue weighted by molar-refractivity contribution is -0.176. The molecule has 0 unspecified atom stereocenters. The second-order valence-corrected chi connectivity index (χ2v) is 6.20. The number of piperidine rings is 1. The van der Waals surface area contributed by atoms with E-state index in [-0.39, 0.29) is 18.1 Å². The first-order valence-corrected chi connectivity index (χ1v) is 7.70. The van der Waals surface area contributed by atoms with Crippen molar-refractivity contribution in [3.8, 4) is 5.75 Å². The minimum Gasteiger partial charge on any atom is -0.484 e. The number of carbonyl (C=O) groups is 1. The number of benzene rings is 1. The lowest BCUT2D eigenvalue weighted by Crippen LogP contribution is -2.54. The Morgan fingerprint density at radius 1 is 1.24 bits per heavy atom. The summed E-state index contributed by atoms with van der Waals surface area (Å²) >= 11 is 0. The average Bonchev–Trinajstić information content (AvgIpc) is 2.47. The molecule has 0 aromatic heterocycles. The molecule has 4 heteroatoms. The van der Waals surface area contributed by atoms with Gasteiger partial charge < -0.3 is 14.4 Å². The number of hydrogen-bond donors (Lipinski definition) is 0. The number of rotatable bonds is 3. The zero-order valence-electron chi connectivity index (χ0n) is 12.9. The van der Waals surface area contributed by atoms with E-state index < -0.39 is 0 Å². The second-order valence-electron chi connectivity index (χ2n) is 6.20. The third kappa shape index (κ3) is 3.05. The van der Waals surface area contributed by atoms with Crippen molar-refractivity contribution in [1.82, 2.24) is 4.90 Å². The zero-order chi connectivity index (χ0) is 14.9. The number of ether oxygens (including phenoxy) is 2. The van der Waals surface area contributed by atoms with Crippen molar-refractivity contribution >= 4 is 5.91 Å². The van der Waals surface area contributed by atoms with Crippen LogP contribution in [0.5, 0.6) is 5.75 Å². The van der Waals surface area contributed by atoms with Crippen LogP contribution in [0.4, 0.5) is 0 Å². The van der Waals surface area contributed by atoms with Crippen molar-refractivity contribution in [3.05, 3.63) is 29.3 Å². The molecule has 0 bridgehead atoms. The van der Waals surface area contributed by atoms with Crippen LogP contribution in [0.25, 0.3) is 0 Å². The Morgan fingerprint density at radius 3 is 2.52 bits per heavy atom. The number of carbonyl (C=O) groups excluding carboxylic acids is 1. The molecule has 21 heavy (non-hydrogen) atoms. The molecule has 1 aromatic rings. The summed E-state index contributed by atoms with van der Waals surface area (Å²) in [7, 11) is 0. The molecule has 2 saturated heterocycles. The van der Waals surface area contributed by atoms with Crippen LogP contribution in [0, 0.1) is 13.8 Å². The third-order valence-corrected chi connectivity index (χ3v) is 4.83. The van der Waals surface area contributed by atoms with E-state index in [9.17, 15) is 4.79 Å². The van der Waals surface area contributed by atoms with Crippen LogP contribution in [0.1, 0.15) is 30.4 Å². The molecule has 4 nitrogen and oxygen atoms in total. The molecule has 1 spiro atoms. The molecule has 2 fully saturated rings. The van der Waals surface area contributed by atoms with Crippen LogP contribution in [0.2, 0.25) is 0 Å². The molecular formula is C17H23NO3. The summed E-state index contributed by atoms with van der Waals surface area (Å²) in [4.78, 5) is 14.1.